The number of hydrogen-bond acceptors (Lipinski definition) is 2. The molecule has 1 amide bonds. The van der Waals surface area contributed by atoms with Crippen LogP contribution < -0.4 is 5.32 Å². The molecule has 0 radical (unpaired) electrons. The summed E-state index contributed by atoms with van der Waals surface area (Å²) in [7, 11) is 4.17. The Morgan fingerprint density at radius 2 is 1.83 bits per heavy atom. The highest BCUT2D eigenvalue weighted by Gasteiger charge is 2.30. The van der Waals surface area contributed by atoms with E-state index in [2.05, 4.69) is 24.3 Å². The van der Waals surface area contributed by atoms with Gasteiger partial charge in [-0.3, -0.25) is 4.79 Å². The molecule has 1 saturated carbocycles. The summed E-state index contributed by atoms with van der Waals surface area (Å²) in [5.41, 5.74) is 2.85. The molecule has 1 atom stereocenters. The van der Waals surface area contributed by atoms with Gasteiger partial charge in [-0.25, -0.2) is 4.39 Å². The third kappa shape index (κ3) is 5.66. The first-order valence-electron chi connectivity index (χ1n) is 10.7. The minimum Gasteiger partial charge on any atom is -0.352 e. The topological polar surface area (TPSA) is 32.3 Å². The van der Waals surface area contributed by atoms with Crippen molar-refractivity contribution in [2.75, 3.05) is 20.6 Å². The molecule has 0 aliphatic heterocycles. The van der Waals surface area contributed by atoms with Crippen molar-refractivity contribution in [3.63, 3.8) is 0 Å². The molecule has 0 aromatic heterocycles. The Labute approximate surface area is 174 Å². The highest BCUT2D eigenvalue weighted by molar-refractivity contribution is 5.95. The second-order valence-electron chi connectivity index (χ2n) is 8.60. The summed E-state index contributed by atoms with van der Waals surface area (Å²) in [5, 5.41) is 3.08. The highest BCUT2D eigenvalue weighted by atomic mass is 19.1. The smallest absolute Gasteiger partial charge is 0.251 e. The van der Waals surface area contributed by atoms with E-state index in [-0.39, 0.29) is 17.8 Å². The van der Waals surface area contributed by atoms with E-state index < -0.39 is 0 Å². The Hall–Kier alpha value is -2.20. The lowest BCUT2D eigenvalue weighted by atomic mass is 9.75. The molecule has 0 heterocycles. The van der Waals surface area contributed by atoms with E-state index in [1.807, 2.05) is 43.3 Å². The molecule has 1 fully saturated rings. The molecule has 1 unspecified atom stereocenters. The summed E-state index contributed by atoms with van der Waals surface area (Å²) in [4.78, 5) is 14.6. The molecule has 4 heteroatoms. The van der Waals surface area contributed by atoms with Crippen LogP contribution >= 0.6 is 0 Å². The number of nitrogens with zero attached hydrogens (tertiary/aromatic N) is 1. The van der Waals surface area contributed by atoms with Crippen LogP contribution in [0.15, 0.2) is 48.5 Å². The molecule has 1 N–H and O–H groups in total. The Morgan fingerprint density at radius 1 is 1.10 bits per heavy atom. The molecule has 0 bridgehead atoms. The SMILES string of the molecule is Cc1ccccc1C(=O)NCCC1CCC(C(c2cccc(F)c2)N(C)C)CC1. The molecule has 3 nitrogen and oxygen atoms in total. The fourth-order valence-electron chi connectivity index (χ4n) is 4.79. The van der Waals surface area contributed by atoms with E-state index in [1.165, 1.54) is 18.9 Å². The molecule has 2 aromatic carbocycles. The Morgan fingerprint density at radius 3 is 2.48 bits per heavy atom. The van der Waals surface area contributed by atoms with Gasteiger partial charge in [-0.15, -0.1) is 0 Å². The Kier molecular flexibility index (Phi) is 7.43. The van der Waals surface area contributed by atoms with Crippen molar-refractivity contribution in [1.29, 1.82) is 0 Å². The van der Waals surface area contributed by atoms with Crippen molar-refractivity contribution in [1.82, 2.24) is 10.2 Å². The van der Waals surface area contributed by atoms with Crippen molar-refractivity contribution in [2.45, 2.75) is 45.1 Å². The highest BCUT2D eigenvalue weighted by Crippen LogP contribution is 2.40. The third-order valence-electron chi connectivity index (χ3n) is 6.31. The fourth-order valence-corrected chi connectivity index (χ4v) is 4.79. The molecule has 0 saturated heterocycles. The van der Waals surface area contributed by atoms with Crippen molar-refractivity contribution >= 4 is 5.91 Å². The predicted octanol–water partition coefficient (Wildman–Crippen LogP) is 5.36. The van der Waals surface area contributed by atoms with Crippen LogP contribution in [0, 0.1) is 24.6 Å². The average molecular weight is 397 g/mol. The van der Waals surface area contributed by atoms with Crippen LogP contribution in [0.25, 0.3) is 0 Å². The number of amides is 1. The van der Waals surface area contributed by atoms with E-state index in [4.69, 9.17) is 0 Å². The summed E-state index contributed by atoms with van der Waals surface area (Å²) in [6.07, 6.45) is 5.66. The number of halogens is 1. The minimum atomic E-state index is -0.160. The maximum atomic E-state index is 13.7. The molecule has 29 heavy (non-hydrogen) atoms. The van der Waals surface area contributed by atoms with Gasteiger partial charge < -0.3 is 10.2 Å². The first kappa shape index (κ1) is 21.5. The zero-order chi connectivity index (χ0) is 20.8. The van der Waals surface area contributed by atoms with Gasteiger partial charge in [0, 0.05) is 18.2 Å². The van der Waals surface area contributed by atoms with Gasteiger partial charge in [0.1, 0.15) is 5.82 Å². The van der Waals surface area contributed by atoms with E-state index >= 15 is 0 Å². The average Bonchev–Trinajstić information content (AvgIpc) is 2.69. The van der Waals surface area contributed by atoms with E-state index in [0.29, 0.717) is 11.8 Å². The Bertz CT molecular complexity index is 812. The van der Waals surface area contributed by atoms with Gasteiger partial charge in [0.2, 0.25) is 0 Å². The molecule has 1 aliphatic carbocycles. The summed E-state index contributed by atoms with van der Waals surface area (Å²) < 4.78 is 13.7. The molecule has 1 aliphatic rings. The monoisotopic (exact) mass is 396 g/mol. The second kappa shape index (κ2) is 10.0. The molecular weight excluding hydrogens is 363 g/mol. The number of hydrogen-bond donors (Lipinski definition) is 1. The largest absolute Gasteiger partial charge is 0.352 e. The van der Waals surface area contributed by atoms with Crippen LogP contribution in [0.3, 0.4) is 0 Å². The molecule has 3 rings (SSSR count). The first-order chi connectivity index (χ1) is 14.0. The fraction of sp³-hybridized carbons (Fsp3) is 0.480. The Balaban J connectivity index is 1.48. The van der Waals surface area contributed by atoms with Gasteiger partial charge in [-0.2, -0.15) is 0 Å². The van der Waals surface area contributed by atoms with Crippen LogP contribution in [-0.2, 0) is 0 Å². The van der Waals surface area contributed by atoms with Crippen molar-refractivity contribution in [3.05, 3.63) is 71.0 Å². The first-order valence-corrected chi connectivity index (χ1v) is 10.7. The number of rotatable bonds is 7. The van der Waals surface area contributed by atoms with Crippen LogP contribution in [-0.4, -0.2) is 31.4 Å². The summed E-state index contributed by atoms with van der Waals surface area (Å²) in [6, 6.07) is 15.0. The quantitative estimate of drug-likeness (QED) is 0.683. The number of carbonyl (C=O) groups excluding carboxylic acids is 1. The van der Waals surface area contributed by atoms with Gasteiger partial charge in [-0.05, 0) is 81.4 Å². The zero-order valence-corrected chi connectivity index (χ0v) is 17.8. The predicted molar refractivity (Wildman–Crippen MR) is 116 cm³/mol. The van der Waals surface area contributed by atoms with Crippen molar-refractivity contribution in [3.8, 4) is 0 Å². The number of benzene rings is 2. The van der Waals surface area contributed by atoms with Gasteiger partial charge in [0.25, 0.3) is 5.91 Å². The minimum absolute atomic E-state index is 0.0237. The van der Waals surface area contributed by atoms with Gasteiger partial charge in [0.05, 0.1) is 0 Å². The van der Waals surface area contributed by atoms with Crippen LogP contribution in [0.2, 0.25) is 0 Å². The van der Waals surface area contributed by atoms with E-state index in [0.717, 1.165) is 42.5 Å². The lowest BCUT2D eigenvalue weighted by Crippen LogP contribution is -2.31. The number of carbonyl (C=O) groups is 1. The van der Waals surface area contributed by atoms with Gasteiger partial charge in [0.15, 0.2) is 0 Å². The van der Waals surface area contributed by atoms with Crippen molar-refractivity contribution < 1.29 is 9.18 Å². The van der Waals surface area contributed by atoms with E-state index in [1.54, 1.807) is 6.07 Å². The normalized spacial score (nSPS) is 20.4. The molecule has 2 aromatic rings. The summed E-state index contributed by atoms with van der Waals surface area (Å²) in [6.45, 7) is 2.69. The number of nitrogens with one attached hydrogen (secondary N) is 1. The maximum absolute atomic E-state index is 13.7. The third-order valence-corrected chi connectivity index (χ3v) is 6.31. The lowest BCUT2D eigenvalue weighted by Gasteiger charge is -2.37. The second-order valence-corrected chi connectivity index (χ2v) is 8.60. The van der Waals surface area contributed by atoms with Crippen LogP contribution in [0.4, 0.5) is 4.39 Å². The molecule has 156 valence electrons. The number of aryl methyl sites for hydroxylation is 1. The summed E-state index contributed by atoms with van der Waals surface area (Å²) >= 11 is 0. The maximum Gasteiger partial charge on any atom is 0.251 e. The van der Waals surface area contributed by atoms with Crippen molar-refractivity contribution in [2.24, 2.45) is 11.8 Å². The molecular formula is C25H33FN2O. The van der Waals surface area contributed by atoms with E-state index in [9.17, 15) is 9.18 Å². The van der Waals surface area contributed by atoms with Crippen LogP contribution in [0.5, 0.6) is 0 Å². The van der Waals surface area contributed by atoms with Crippen LogP contribution in [0.1, 0.15) is 59.6 Å². The van der Waals surface area contributed by atoms with Gasteiger partial charge in [-0.1, -0.05) is 43.2 Å². The summed E-state index contributed by atoms with van der Waals surface area (Å²) in [5.74, 6) is 1.06. The lowest BCUT2D eigenvalue weighted by molar-refractivity contribution is 0.0946. The molecule has 0 spiro atoms. The van der Waals surface area contributed by atoms with Gasteiger partial charge >= 0.3 is 0 Å². The zero-order valence-electron chi connectivity index (χ0n) is 17.8. The standard InChI is InChI=1S/C25H33FN2O/c1-18-7-4-5-10-23(18)25(29)27-16-15-19-11-13-20(14-12-19)24(28(2)3)21-8-6-9-22(26)17-21/h4-10,17,19-20,24H,11-16H2,1-3H3,(H,27,29).